The van der Waals surface area contributed by atoms with Gasteiger partial charge in [0.15, 0.2) is 0 Å². The van der Waals surface area contributed by atoms with Crippen LogP contribution < -0.4 is 14.5 Å². The Balaban J connectivity index is 1.86. The van der Waals surface area contributed by atoms with Gasteiger partial charge in [0, 0.05) is 19.4 Å². The van der Waals surface area contributed by atoms with E-state index in [1.54, 1.807) is 23.6 Å². The number of amides is 1. The Kier molecular flexibility index (Phi) is 4.12. The van der Waals surface area contributed by atoms with Crippen molar-refractivity contribution in [3.8, 4) is 5.75 Å². The van der Waals surface area contributed by atoms with Crippen molar-refractivity contribution in [2.45, 2.75) is 12.3 Å². The van der Waals surface area contributed by atoms with Gasteiger partial charge < -0.3 is 4.74 Å². The van der Waals surface area contributed by atoms with Crippen molar-refractivity contribution in [1.82, 2.24) is 4.57 Å². The zero-order valence-corrected chi connectivity index (χ0v) is 15.3. The highest BCUT2D eigenvalue weighted by molar-refractivity contribution is 7.10. The Morgan fingerprint density at radius 1 is 1.04 bits per heavy atom. The fourth-order valence-electron chi connectivity index (χ4n) is 3.38. The van der Waals surface area contributed by atoms with E-state index in [9.17, 15) is 9.59 Å². The summed E-state index contributed by atoms with van der Waals surface area (Å²) < 4.78 is 6.77. The molecule has 0 radical (unpaired) electrons. The van der Waals surface area contributed by atoms with Crippen molar-refractivity contribution < 1.29 is 9.53 Å². The number of hydrogen-bond donors (Lipinski definition) is 0. The molecule has 132 valence electrons. The average molecular weight is 366 g/mol. The minimum Gasteiger partial charge on any atom is -0.497 e. The van der Waals surface area contributed by atoms with Gasteiger partial charge >= 0.3 is 4.87 Å². The fraction of sp³-hybridized carbons (Fsp3) is 0.200. The van der Waals surface area contributed by atoms with Gasteiger partial charge in [-0.15, -0.1) is 0 Å². The van der Waals surface area contributed by atoms with Crippen molar-refractivity contribution in [3.05, 3.63) is 74.7 Å². The Hall–Kier alpha value is -2.86. The van der Waals surface area contributed by atoms with Crippen LogP contribution in [0.1, 0.15) is 22.8 Å². The lowest BCUT2D eigenvalue weighted by Gasteiger charge is -2.32. The Morgan fingerprint density at radius 3 is 2.38 bits per heavy atom. The summed E-state index contributed by atoms with van der Waals surface area (Å²) in [5.74, 6) is 1.27. The summed E-state index contributed by atoms with van der Waals surface area (Å²) in [7, 11) is 3.32. The van der Waals surface area contributed by atoms with Crippen LogP contribution in [0.4, 0.5) is 11.5 Å². The zero-order chi connectivity index (χ0) is 18.3. The highest BCUT2D eigenvalue weighted by Gasteiger charge is 2.37. The molecule has 5 nitrogen and oxygen atoms in total. The summed E-state index contributed by atoms with van der Waals surface area (Å²) in [4.78, 5) is 27.9. The summed E-state index contributed by atoms with van der Waals surface area (Å²) in [6, 6.07) is 17.2. The monoisotopic (exact) mass is 366 g/mol. The number of hydrogen-bond acceptors (Lipinski definition) is 4. The van der Waals surface area contributed by atoms with Gasteiger partial charge in [-0.1, -0.05) is 41.7 Å². The molecule has 1 aromatic heterocycles. The Bertz CT molecular complexity index is 1010. The molecule has 0 fully saturated rings. The predicted molar refractivity (Wildman–Crippen MR) is 103 cm³/mol. The van der Waals surface area contributed by atoms with E-state index in [0.717, 1.165) is 21.9 Å². The molecule has 0 saturated heterocycles. The normalized spacial score (nSPS) is 16.5. The molecule has 1 aliphatic heterocycles. The maximum atomic E-state index is 13.0. The Morgan fingerprint density at radius 2 is 1.73 bits per heavy atom. The van der Waals surface area contributed by atoms with Gasteiger partial charge in [0.25, 0.3) is 0 Å². The number of carbonyl (C=O) groups excluding carboxylic acids is 1. The summed E-state index contributed by atoms with van der Waals surface area (Å²) in [5.41, 5.74) is 1.79. The molecule has 2 heterocycles. The Labute approximate surface area is 155 Å². The molecular formula is C20H18N2O3S. The number of benzene rings is 2. The third kappa shape index (κ3) is 2.63. The fourth-order valence-corrected chi connectivity index (χ4v) is 4.47. The number of aromatic nitrogens is 1. The molecule has 0 aliphatic carbocycles. The minimum atomic E-state index is -0.0906. The second kappa shape index (κ2) is 6.46. The maximum Gasteiger partial charge on any atom is 0.308 e. The van der Waals surface area contributed by atoms with Crippen LogP contribution in [0.2, 0.25) is 0 Å². The number of rotatable bonds is 3. The average Bonchev–Trinajstić information content (AvgIpc) is 2.97. The zero-order valence-electron chi connectivity index (χ0n) is 14.5. The van der Waals surface area contributed by atoms with Gasteiger partial charge in [0.05, 0.1) is 17.7 Å². The van der Waals surface area contributed by atoms with Crippen molar-refractivity contribution in [2.24, 2.45) is 7.05 Å². The molecule has 3 aromatic rings. The topological polar surface area (TPSA) is 51.5 Å². The number of methoxy groups -OCH3 is 1. The van der Waals surface area contributed by atoms with Gasteiger partial charge in [-0.05, 0) is 29.8 Å². The number of thiazole rings is 1. The van der Waals surface area contributed by atoms with Gasteiger partial charge in [-0.2, -0.15) is 0 Å². The lowest BCUT2D eigenvalue weighted by molar-refractivity contribution is -0.118. The van der Waals surface area contributed by atoms with Crippen LogP contribution in [0.5, 0.6) is 5.75 Å². The first kappa shape index (κ1) is 16.6. The van der Waals surface area contributed by atoms with E-state index in [-0.39, 0.29) is 16.7 Å². The van der Waals surface area contributed by atoms with Crippen LogP contribution in [-0.2, 0) is 11.8 Å². The lowest BCUT2D eigenvalue weighted by Crippen LogP contribution is -2.34. The van der Waals surface area contributed by atoms with E-state index in [1.165, 1.54) is 11.3 Å². The first-order chi connectivity index (χ1) is 12.6. The molecule has 1 atom stereocenters. The van der Waals surface area contributed by atoms with E-state index in [2.05, 4.69) is 0 Å². The van der Waals surface area contributed by atoms with E-state index in [1.807, 2.05) is 54.6 Å². The smallest absolute Gasteiger partial charge is 0.308 e. The highest BCUT2D eigenvalue weighted by Crippen LogP contribution is 2.44. The summed E-state index contributed by atoms with van der Waals surface area (Å²) >= 11 is 1.22. The van der Waals surface area contributed by atoms with Crippen molar-refractivity contribution in [2.75, 3.05) is 12.0 Å². The van der Waals surface area contributed by atoms with E-state index >= 15 is 0 Å². The molecular weight excluding hydrogens is 348 g/mol. The molecule has 4 rings (SSSR count). The van der Waals surface area contributed by atoms with Crippen molar-refractivity contribution in [1.29, 1.82) is 0 Å². The van der Waals surface area contributed by atoms with E-state index in [4.69, 9.17) is 4.74 Å². The first-order valence-corrected chi connectivity index (χ1v) is 9.13. The quantitative estimate of drug-likeness (QED) is 0.711. The van der Waals surface area contributed by atoms with Crippen molar-refractivity contribution in [3.63, 3.8) is 0 Å². The number of ether oxygens (including phenoxy) is 1. The standard InChI is InChI=1S/C20H18N2O3S/c1-21-19-18(26-20(21)24)16(13-6-4-3-5-7-13)12-17(23)22(19)14-8-10-15(25-2)11-9-14/h3-11,16H,12H2,1-2H3. The molecule has 6 heteroatoms. The van der Waals surface area contributed by atoms with Crippen LogP contribution in [0.3, 0.4) is 0 Å². The van der Waals surface area contributed by atoms with E-state index < -0.39 is 0 Å². The third-order valence-corrected chi connectivity index (χ3v) is 5.83. The lowest BCUT2D eigenvalue weighted by atomic mass is 9.90. The van der Waals surface area contributed by atoms with Gasteiger partial charge in [-0.3, -0.25) is 19.1 Å². The van der Waals surface area contributed by atoms with E-state index in [0.29, 0.717) is 12.2 Å². The first-order valence-electron chi connectivity index (χ1n) is 8.32. The minimum absolute atomic E-state index is 0.0232. The molecule has 0 spiro atoms. The molecule has 1 amide bonds. The molecule has 0 bridgehead atoms. The SMILES string of the molecule is COc1ccc(N2C(=O)CC(c3ccccc3)c3sc(=O)n(C)c32)cc1. The summed E-state index contributed by atoms with van der Waals surface area (Å²) in [6.07, 6.45) is 0.336. The molecule has 2 aromatic carbocycles. The predicted octanol–water partition coefficient (Wildman–Crippen LogP) is 3.66. The van der Waals surface area contributed by atoms with Crippen LogP contribution in [0.25, 0.3) is 0 Å². The largest absolute Gasteiger partial charge is 0.497 e. The maximum absolute atomic E-state index is 13.0. The van der Waals surface area contributed by atoms with Gasteiger partial charge in [-0.25, -0.2) is 0 Å². The summed E-state index contributed by atoms with van der Waals surface area (Å²) in [6.45, 7) is 0. The van der Waals surface area contributed by atoms with Crippen LogP contribution in [0, 0.1) is 0 Å². The molecule has 0 saturated carbocycles. The number of anilines is 2. The number of carbonyl (C=O) groups is 1. The second-order valence-corrected chi connectivity index (χ2v) is 7.20. The summed E-state index contributed by atoms with van der Waals surface area (Å²) in [5, 5.41) is 0. The molecule has 26 heavy (non-hydrogen) atoms. The van der Waals surface area contributed by atoms with Gasteiger partial charge in [0.1, 0.15) is 11.6 Å². The molecule has 1 aliphatic rings. The van der Waals surface area contributed by atoms with Crippen molar-refractivity contribution >= 4 is 28.7 Å². The van der Waals surface area contributed by atoms with Crippen LogP contribution >= 0.6 is 11.3 Å². The molecule has 0 N–H and O–H groups in total. The van der Waals surface area contributed by atoms with Gasteiger partial charge in [0.2, 0.25) is 5.91 Å². The number of fused-ring (bicyclic) bond motifs is 1. The number of nitrogens with zero attached hydrogens (tertiary/aromatic N) is 2. The van der Waals surface area contributed by atoms with Crippen LogP contribution in [-0.4, -0.2) is 17.6 Å². The highest BCUT2D eigenvalue weighted by atomic mass is 32.1. The molecule has 1 unspecified atom stereocenters. The van der Waals surface area contributed by atoms with Crippen LogP contribution in [0.15, 0.2) is 59.4 Å². The third-order valence-electron chi connectivity index (χ3n) is 4.70. The second-order valence-electron chi connectivity index (χ2n) is 6.21.